The van der Waals surface area contributed by atoms with Crippen molar-refractivity contribution >= 4 is 5.91 Å². The number of hydrogen-bond acceptors (Lipinski definition) is 3. The van der Waals surface area contributed by atoms with E-state index in [1.807, 2.05) is 26.0 Å². The maximum absolute atomic E-state index is 11.7. The number of hydrogen-bond donors (Lipinski definition) is 2. The molecule has 0 aromatic heterocycles. The van der Waals surface area contributed by atoms with E-state index in [9.17, 15) is 4.79 Å². The molecule has 0 saturated carbocycles. The number of ether oxygens (including phenoxy) is 1. The monoisotopic (exact) mass is 264 g/mol. The normalized spacial score (nSPS) is 12.0. The van der Waals surface area contributed by atoms with Gasteiger partial charge in [0.25, 0.3) is 0 Å². The molecular weight excluding hydrogens is 240 g/mol. The number of benzene rings is 1. The van der Waals surface area contributed by atoms with Crippen LogP contribution in [0.4, 0.5) is 0 Å². The fraction of sp³-hybridized carbons (Fsp3) is 0.533. The Kier molecular flexibility index (Phi) is 6.36. The summed E-state index contributed by atoms with van der Waals surface area (Å²) in [5.74, 6) is 1.28. The zero-order valence-corrected chi connectivity index (χ0v) is 12.0. The number of carbonyl (C=O) groups is 1. The van der Waals surface area contributed by atoms with Gasteiger partial charge in [0.1, 0.15) is 5.75 Å². The van der Waals surface area contributed by atoms with Gasteiger partial charge in [-0.1, -0.05) is 19.1 Å². The number of nitrogens with two attached hydrogens (primary N) is 1. The summed E-state index contributed by atoms with van der Waals surface area (Å²) in [5, 5.41) is 2.90. The molecule has 1 rings (SSSR count). The van der Waals surface area contributed by atoms with Gasteiger partial charge < -0.3 is 15.8 Å². The molecule has 3 N–H and O–H groups in total. The maximum Gasteiger partial charge on any atom is 0.220 e. The van der Waals surface area contributed by atoms with Crippen LogP contribution in [-0.2, 0) is 11.2 Å². The number of methoxy groups -OCH3 is 1. The zero-order chi connectivity index (χ0) is 14.3. The highest BCUT2D eigenvalue weighted by atomic mass is 16.5. The highest BCUT2D eigenvalue weighted by molar-refractivity contribution is 5.76. The molecule has 0 saturated heterocycles. The summed E-state index contributed by atoms with van der Waals surface area (Å²) in [6.45, 7) is 5.27. The fourth-order valence-electron chi connectivity index (χ4n) is 1.81. The van der Waals surface area contributed by atoms with Crippen molar-refractivity contribution in [3.05, 3.63) is 29.3 Å². The molecule has 0 aliphatic heterocycles. The Hall–Kier alpha value is -1.55. The van der Waals surface area contributed by atoms with Crippen molar-refractivity contribution in [2.24, 2.45) is 11.7 Å². The number of rotatable bonds is 7. The number of amides is 1. The van der Waals surface area contributed by atoms with Gasteiger partial charge in [-0.2, -0.15) is 0 Å². The average molecular weight is 264 g/mol. The summed E-state index contributed by atoms with van der Waals surface area (Å²) in [6.07, 6.45) is 1.25. The summed E-state index contributed by atoms with van der Waals surface area (Å²) < 4.78 is 5.21. The Labute approximate surface area is 115 Å². The summed E-state index contributed by atoms with van der Waals surface area (Å²) >= 11 is 0. The van der Waals surface area contributed by atoms with Gasteiger partial charge in [-0.25, -0.2) is 0 Å². The van der Waals surface area contributed by atoms with E-state index >= 15 is 0 Å². The van der Waals surface area contributed by atoms with Crippen molar-refractivity contribution in [2.45, 2.75) is 26.7 Å². The number of nitrogens with one attached hydrogen (secondary N) is 1. The fourth-order valence-corrected chi connectivity index (χ4v) is 1.81. The largest absolute Gasteiger partial charge is 0.496 e. The van der Waals surface area contributed by atoms with Crippen molar-refractivity contribution < 1.29 is 9.53 Å². The highest BCUT2D eigenvalue weighted by Crippen LogP contribution is 2.19. The van der Waals surface area contributed by atoms with Gasteiger partial charge in [0.15, 0.2) is 0 Å². The molecule has 0 aliphatic rings. The van der Waals surface area contributed by atoms with E-state index in [-0.39, 0.29) is 5.91 Å². The predicted octanol–water partition coefficient (Wildman–Crippen LogP) is 1.65. The molecule has 1 aromatic rings. The second kappa shape index (κ2) is 7.79. The van der Waals surface area contributed by atoms with Gasteiger partial charge >= 0.3 is 0 Å². The van der Waals surface area contributed by atoms with Gasteiger partial charge in [-0.05, 0) is 43.0 Å². The molecule has 4 heteroatoms. The van der Waals surface area contributed by atoms with Crippen LogP contribution < -0.4 is 15.8 Å². The van der Waals surface area contributed by atoms with Crippen molar-refractivity contribution in [3.63, 3.8) is 0 Å². The summed E-state index contributed by atoms with van der Waals surface area (Å²) in [4.78, 5) is 11.7. The smallest absolute Gasteiger partial charge is 0.220 e. The lowest BCUT2D eigenvalue weighted by molar-refractivity contribution is -0.121. The summed E-state index contributed by atoms with van der Waals surface area (Å²) in [7, 11) is 1.66. The molecule has 0 aliphatic carbocycles. The molecule has 1 aromatic carbocycles. The topological polar surface area (TPSA) is 64.3 Å². The Balaban J connectivity index is 2.40. The van der Waals surface area contributed by atoms with Crippen LogP contribution in [0.5, 0.6) is 5.75 Å². The zero-order valence-electron chi connectivity index (χ0n) is 12.0. The molecule has 0 bridgehead atoms. The SMILES string of the molecule is COc1ccc(CCC(=O)NCC(C)CN)cc1C. The Morgan fingerprint density at radius 1 is 1.47 bits per heavy atom. The Morgan fingerprint density at radius 2 is 2.21 bits per heavy atom. The molecule has 19 heavy (non-hydrogen) atoms. The second-order valence-corrected chi connectivity index (χ2v) is 4.95. The van der Waals surface area contributed by atoms with Crippen molar-refractivity contribution in [1.82, 2.24) is 5.32 Å². The average Bonchev–Trinajstić information content (AvgIpc) is 2.42. The third-order valence-electron chi connectivity index (χ3n) is 3.15. The molecule has 0 spiro atoms. The van der Waals surface area contributed by atoms with Gasteiger partial charge in [-0.15, -0.1) is 0 Å². The first-order chi connectivity index (χ1) is 9.06. The minimum Gasteiger partial charge on any atom is -0.496 e. The van der Waals surface area contributed by atoms with Crippen LogP contribution in [0, 0.1) is 12.8 Å². The van der Waals surface area contributed by atoms with E-state index in [0.717, 1.165) is 23.3 Å². The number of carbonyl (C=O) groups excluding carboxylic acids is 1. The molecule has 1 unspecified atom stereocenters. The molecule has 0 radical (unpaired) electrons. The molecule has 4 nitrogen and oxygen atoms in total. The van der Waals surface area contributed by atoms with Gasteiger partial charge in [0, 0.05) is 13.0 Å². The second-order valence-electron chi connectivity index (χ2n) is 4.95. The van der Waals surface area contributed by atoms with Crippen LogP contribution in [-0.4, -0.2) is 26.1 Å². The lowest BCUT2D eigenvalue weighted by Crippen LogP contribution is -2.31. The first-order valence-corrected chi connectivity index (χ1v) is 6.67. The van der Waals surface area contributed by atoms with Crippen LogP contribution in [0.25, 0.3) is 0 Å². The molecule has 106 valence electrons. The standard InChI is InChI=1S/C15H24N2O2/c1-11(9-16)10-17-15(18)7-5-13-4-6-14(19-3)12(2)8-13/h4,6,8,11H,5,7,9-10,16H2,1-3H3,(H,17,18). The van der Waals surface area contributed by atoms with Crippen LogP contribution in [0.2, 0.25) is 0 Å². The van der Waals surface area contributed by atoms with Gasteiger partial charge in [0.05, 0.1) is 7.11 Å². The van der Waals surface area contributed by atoms with Crippen molar-refractivity contribution in [2.75, 3.05) is 20.2 Å². The lowest BCUT2D eigenvalue weighted by Gasteiger charge is -2.10. The minimum atomic E-state index is 0.0776. The van der Waals surface area contributed by atoms with E-state index in [1.165, 1.54) is 0 Å². The van der Waals surface area contributed by atoms with Gasteiger partial charge in [-0.3, -0.25) is 4.79 Å². The first-order valence-electron chi connectivity index (χ1n) is 6.67. The Bertz CT molecular complexity index is 419. The summed E-state index contributed by atoms with van der Waals surface area (Å²) in [5.41, 5.74) is 7.75. The van der Waals surface area contributed by atoms with Crippen molar-refractivity contribution in [3.8, 4) is 5.75 Å². The van der Waals surface area contributed by atoms with E-state index in [4.69, 9.17) is 10.5 Å². The third-order valence-corrected chi connectivity index (χ3v) is 3.15. The highest BCUT2D eigenvalue weighted by Gasteiger charge is 2.06. The third kappa shape index (κ3) is 5.30. The van der Waals surface area contributed by atoms with Crippen LogP contribution in [0.15, 0.2) is 18.2 Å². The van der Waals surface area contributed by atoms with Crippen LogP contribution in [0.3, 0.4) is 0 Å². The van der Waals surface area contributed by atoms with Crippen molar-refractivity contribution in [1.29, 1.82) is 0 Å². The van der Waals surface area contributed by atoms with E-state index in [2.05, 4.69) is 11.4 Å². The minimum absolute atomic E-state index is 0.0776. The molecular formula is C15H24N2O2. The van der Waals surface area contributed by atoms with Gasteiger partial charge in [0.2, 0.25) is 5.91 Å². The van der Waals surface area contributed by atoms with E-state index in [1.54, 1.807) is 7.11 Å². The predicted molar refractivity (Wildman–Crippen MR) is 77.3 cm³/mol. The molecule has 0 heterocycles. The summed E-state index contributed by atoms with van der Waals surface area (Å²) in [6, 6.07) is 6.01. The maximum atomic E-state index is 11.7. The Morgan fingerprint density at radius 3 is 2.79 bits per heavy atom. The van der Waals surface area contributed by atoms with E-state index < -0.39 is 0 Å². The van der Waals surface area contributed by atoms with E-state index in [0.29, 0.717) is 25.4 Å². The first kappa shape index (κ1) is 15.5. The van der Waals surface area contributed by atoms with Crippen LogP contribution in [0.1, 0.15) is 24.5 Å². The number of aryl methyl sites for hydroxylation is 2. The molecule has 0 fully saturated rings. The molecule has 1 amide bonds. The molecule has 1 atom stereocenters. The lowest BCUT2D eigenvalue weighted by atomic mass is 10.1. The van der Waals surface area contributed by atoms with Crippen LogP contribution >= 0.6 is 0 Å². The quantitative estimate of drug-likeness (QED) is 0.787.